The second-order valence-corrected chi connectivity index (χ2v) is 4.26. The van der Waals surface area contributed by atoms with Gasteiger partial charge in [0.25, 0.3) is 0 Å². The molecule has 0 spiro atoms. The number of nitrogens with two attached hydrogens (primary N) is 1. The van der Waals surface area contributed by atoms with Crippen molar-refractivity contribution in [3.63, 3.8) is 0 Å². The van der Waals surface area contributed by atoms with E-state index in [2.05, 4.69) is 15.3 Å². The second kappa shape index (κ2) is 5.21. The third kappa shape index (κ3) is 2.66. The van der Waals surface area contributed by atoms with Gasteiger partial charge in [0.15, 0.2) is 5.82 Å². The van der Waals surface area contributed by atoms with Crippen LogP contribution in [0.2, 0.25) is 0 Å². The van der Waals surface area contributed by atoms with E-state index in [4.69, 9.17) is 5.73 Å². The Morgan fingerprint density at radius 2 is 2.00 bits per heavy atom. The fourth-order valence-corrected chi connectivity index (χ4v) is 2.28. The van der Waals surface area contributed by atoms with E-state index in [0.29, 0.717) is 18.4 Å². The molecule has 0 bridgehead atoms. The van der Waals surface area contributed by atoms with Crippen molar-refractivity contribution in [2.24, 2.45) is 11.7 Å². The van der Waals surface area contributed by atoms with Crippen molar-refractivity contribution in [3.05, 3.63) is 18.2 Å². The summed E-state index contributed by atoms with van der Waals surface area (Å²) in [4.78, 5) is 7.77. The Morgan fingerprint density at radius 1 is 1.38 bits per heavy atom. The summed E-state index contributed by atoms with van der Waals surface area (Å²) in [5, 5.41) is 3.18. The van der Waals surface area contributed by atoms with Crippen LogP contribution in [-0.4, -0.2) is 22.6 Å². The summed E-state index contributed by atoms with van der Waals surface area (Å²) >= 11 is 0. The van der Waals surface area contributed by atoms with E-state index in [1.165, 1.54) is 25.7 Å². The van der Waals surface area contributed by atoms with Crippen LogP contribution in [0, 0.1) is 11.7 Å². The summed E-state index contributed by atoms with van der Waals surface area (Å²) in [5.41, 5.74) is 5.74. The maximum absolute atomic E-state index is 12.6. The van der Waals surface area contributed by atoms with Gasteiger partial charge in [0.05, 0.1) is 12.4 Å². The molecule has 1 heterocycles. The normalized spacial score (nSPS) is 18.6. The first-order valence-electron chi connectivity index (χ1n) is 5.73. The molecule has 1 fully saturated rings. The molecule has 1 atom stereocenters. The van der Waals surface area contributed by atoms with E-state index >= 15 is 0 Å². The largest absolute Gasteiger partial charge is 0.350 e. The van der Waals surface area contributed by atoms with E-state index in [1.54, 1.807) is 0 Å². The number of hydrogen-bond donors (Lipinski definition) is 2. The van der Waals surface area contributed by atoms with Crippen LogP contribution >= 0.6 is 0 Å². The van der Waals surface area contributed by atoms with Gasteiger partial charge >= 0.3 is 0 Å². The molecule has 0 radical (unpaired) electrons. The summed E-state index contributed by atoms with van der Waals surface area (Å²) in [6, 6.07) is 0.202. The molecule has 88 valence electrons. The Bertz CT molecular complexity index is 321. The van der Waals surface area contributed by atoms with Crippen molar-refractivity contribution >= 4 is 5.95 Å². The number of nitrogens with one attached hydrogen (secondary N) is 1. The summed E-state index contributed by atoms with van der Waals surface area (Å²) in [6.45, 7) is 0.561. The zero-order valence-electron chi connectivity index (χ0n) is 9.19. The minimum absolute atomic E-state index is 0.202. The van der Waals surface area contributed by atoms with Crippen molar-refractivity contribution < 1.29 is 4.39 Å². The molecule has 4 nitrogen and oxygen atoms in total. The van der Waals surface area contributed by atoms with Crippen LogP contribution in [0.3, 0.4) is 0 Å². The molecule has 1 saturated carbocycles. The zero-order valence-corrected chi connectivity index (χ0v) is 9.19. The van der Waals surface area contributed by atoms with E-state index in [1.807, 2.05) is 0 Å². The molecule has 0 aromatic carbocycles. The van der Waals surface area contributed by atoms with Gasteiger partial charge in [-0.25, -0.2) is 14.4 Å². The Morgan fingerprint density at radius 3 is 2.56 bits per heavy atom. The fourth-order valence-electron chi connectivity index (χ4n) is 2.28. The number of hydrogen-bond acceptors (Lipinski definition) is 4. The summed E-state index contributed by atoms with van der Waals surface area (Å²) in [7, 11) is 0. The minimum Gasteiger partial charge on any atom is -0.350 e. The van der Waals surface area contributed by atoms with Gasteiger partial charge in [0, 0.05) is 12.6 Å². The zero-order chi connectivity index (χ0) is 11.4. The molecule has 0 aliphatic heterocycles. The number of halogens is 1. The minimum atomic E-state index is -0.421. The highest BCUT2D eigenvalue weighted by molar-refractivity contribution is 5.25. The van der Waals surface area contributed by atoms with Crippen molar-refractivity contribution in [3.8, 4) is 0 Å². The summed E-state index contributed by atoms with van der Waals surface area (Å²) in [6.07, 6.45) is 7.28. The van der Waals surface area contributed by atoms with Crippen LogP contribution in [0.1, 0.15) is 25.7 Å². The first kappa shape index (κ1) is 11.3. The van der Waals surface area contributed by atoms with Gasteiger partial charge in [-0.05, 0) is 18.8 Å². The lowest BCUT2D eigenvalue weighted by Gasteiger charge is -2.22. The van der Waals surface area contributed by atoms with Crippen LogP contribution < -0.4 is 11.1 Å². The highest BCUT2D eigenvalue weighted by Gasteiger charge is 2.24. The van der Waals surface area contributed by atoms with Crippen molar-refractivity contribution in [2.75, 3.05) is 11.9 Å². The van der Waals surface area contributed by atoms with Gasteiger partial charge in [0.1, 0.15) is 0 Å². The third-order valence-electron chi connectivity index (χ3n) is 3.16. The number of aromatic nitrogens is 2. The predicted molar refractivity (Wildman–Crippen MR) is 60.4 cm³/mol. The summed E-state index contributed by atoms with van der Waals surface area (Å²) in [5.74, 6) is 0.637. The lowest BCUT2D eigenvalue weighted by molar-refractivity contribution is 0.459. The first-order chi connectivity index (χ1) is 7.79. The lowest BCUT2D eigenvalue weighted by Crippen LogP contribution is -2.35. The van der Waals surface area contributed by atoms with Gasteiger partial charge in [-0.2, -0.15) is 0 Å². The van der Waals surface area contributed by atoms with Crippen LogP contribution in [0.25, 0.3) is 0 Å². The average Bonchev–Trinajstić information content (AvgIpc) is 2.82. The topological polar surface area (TPSA) is 63.8 Å². The van der Waals surface area contributed by atoms with E-state index < -0.39 is 5.82 Å². The van der Waals surface area contributed by atoms with Gasteiger partial charge in [0.2, 0.25) is 5.95 Å². The molecule has 1 aromatic heterocycles. The first-order valence-corrected chi connectivity index (χ1v) is 5.73. The van der Waals surface area contributed by atoms with Gasteiger partial charge in [-0.15, -0.1) is 0 Å². The molecule has 1 aromatic rings. The van der Waals surface area contributed by atoms with Crippen LogP contribution in [0.4, 0.5) is 10.3 Å². The fraction of sp³-hybridized carbons (Fsp3) is 0.636. The molecule has 1 aliphatic rings. The van der Waals surface area contributed by atoms with Crippen molar-refractivity contribution in [2.45, 2.75) is 31.7 Å². The molecule has 1 unspecified atom stereocenters. The molecule has 2 rings (SSSR count). The Balaban J connectivity index is 1.97. The molecular weight excluding hydrogens is 207 g/mol. The molecule has 0 saturated heterocycles. The maximum Gasteiger partial charge on any atom is 0.223 e. The predicted octanol–water partition coefficient (Wildman–Crippen LogP) is 1.55. The standard InChI is InChI=1S/C11H17FN4/c12-9-6-14-11(15-7-9)16-10(5-13)8-3-1-2-4-8/h6-8,10H,1-5,13H2,(H,14,15,16). The van der Waals surface area contributed by atoms with Gasteiger partial charge < -0.3 is 11.1 Å². The van der Waals surface area contributed by atoms with Crippen molar-refractivity contribution in [1.29, 1.82) is 0 Å². The van der Waals surface area contributed by atoms with Crippen LogP contribution in [0.15, 0.2) is 12.4 Å². The Hall–Kier alpha value is -1.23. The molecule has 1 aliphatic carbocycles. The van der Waals surface area contributed by atoms with Crippen LogP contribution in [0.5, 0.6) is 0 Å². The highest BCUT2D eigenvalue weighted by Crippen LogP contribution is 2.28. The average molecular weight is 224 g/mol. The van der Waals surface area contributed by atoms with Gasteiger partial charge in [-0.3, -0.25) is 0 Å². The molecule has 3 N–H and O–H groups in total. The van der Waals surface area contributed by atoms with E-state index in [9.17, 15) is 4.39 Å². The quantitative estimate of drug-likeness (QED) is 0.814. The smallest absolute Gasteiger partial charge is 0.223 e. The van der Waals surface area contributed by atoms with E-state index in [0.717, 1.165) is 12.4 Å². The van der Waals surface area contributed by atoms with Crippen molar-refractivity contribution in [1.82, 2.24) is 9.97 Å². The highest BCUT2D eigenvalue weighted by atomic mass is 19.1. The Labute approximate surface area is 94.5 Å². The molecule has 0 amide bonds. The molecular formula is C11H17FN4. The second-order valence-electron chi connectivity index (χ2n) is 4.26. The lowest BCUT2D eigenvalue weighted by atomic mass is 9.98. The SMILES string of the molecule is NCC(Nc1ncc(F)cn1)C1CCCC1. The Kier molecular flexibility index (Phi) is 3.66. The van der Waals surface area contributed by atoms with Gasteiger partial charge in [-0.1, -0.05) is 12.8 Å². The number of nitrogens with zero attached hydrogens (tertiary/aromatic N) is 2. The maximum atomic E-state index is 12.6. The number of anilines is 1. The monoisotopic (exact) mass is 224 g/mol. The summed E-state index contributed by atoms with van der Waals surface area (Å²) < 4.78 is 12.6. The third-order valence-corrected chi connectivity index (χ3v) is 3.16. The molecule has 16 heavy (non-hydrogen) atoms. The van der Waals surface area contributed by atoms with E-state index in [-0.39, 0.29) is 6.04 Å². The molecule has 5 heteroatoms. The number of rotatable bonds is 4. The van der Waals surface area contributed by atoms with Crippen LogP contribution in [-0.2, 0) is 0 Å².